The normalized spacial score (nSPS) is 18.5. The van der Waals surface area contributed by atoms with Gasteiger partial charge in [-0.25, -0.2) is 4.79 Å². The summed E-state index contributed by atoms with van der Waals surface area (Å²) in [6.45, 7) is 1.27. The number of hydrogen-bond acceptors (Lipinski definition) is 6. The van der Waals surface area contributed by atoms with Crippen LogP contribution in [0.3, 0.4) is 0 Å². The summed E-state index contributed by atoms with van der Waals surface area (Å²) in [6.07, 6.45) is 1.01. The van der Waals surface area contributed by atoms with E-state index in [4.69, 9.17) is 9.47 Å². The minimum absolute atomic E-state index is 0.0993. The Morgan fingerprint density at radius 2 is 2.10 bits per heavy atom. The van der Waals surface area contributed by atoms with Crippen molar-refractivity contribution < 1.29 is 29.0 Å². The molecule has 10 heteroatoms. The quantitative estimate of drug-likeness (QED) is 0.603. The van der Waals surface area contributed by atoms with E-state index in [-0.39, 0.29) is 19.1 Å². The number of ether oxygens (including phenoxy) is 2. The van der Waals surface area contributed by atoms with Gasteiger partial charge in [-0.3, -0.25) is 9.59 Å². The maximum absolute atomic E-state index is 12.8. The van der Waals surface area contributed by atoms with Gasteiger partial charge in [0.2, 0.25) is 12.7 Å². The molecule has 0 unspecified atom stereocenters. The largest absolute Gasteiger partial charge is 0.481 e. The Morgan fingerprint density at radius 3 is 2.87 bits per heavy atom. The summed E-state index contributed by atoms with van der Waals surface area (Å²) < 4.78 is 10.6. The van der Waals surface area contributed by atoms with Gasteiger partial charge in [-0.2, -0.15) is 0 Å². The van der Waals surface area contributed by atoms with Gasteiger partial charge in [-0.05, 0) is 42.0 Å². The Morgan fingerprint density at radius 1 is 1.26 bits per heavy atom. The van der Waals surface area contributed by atoms with Crippen LogP contribution in [0.2, 0.25) is 0 Å². The van der Waals surface area contributed by atoms with Crippen molar-refractivity contribution in [3.8, 4) is 11.5 Å². The predicted octanol–water partition coefficient (Wildman–Crippen LogP) is 2.48. The molecule has 0 spiro atoms. The molecule has 0 radical (unpaired) electrons. The summed E-state index contributed by atoms with van der Waals surface area (Å²) in [5.74, 6) is -0.116. The molecule has 1 fully saturated rings. The standard InChI is InChI=1S/C21H23N3O6S/c25-19(26)10-16(13-5-6-17-18(9-13)30-12-29-17)23-21(28)22-15-4-1-7-24(20(15)27)11-14-3-2-8-31-14/h2-3,5-6,8-9,15-16H,1,4,7,10-12H2,(H,25,26)(H2,22,23,28)/t15-,16+/m1/s1. The second kappa shape index (κ2) is 9.25. The van der Waals surface area contributed by atoms with Gasteiger partial charge in [-0.1, -0.05) is 12.1 Å². The molecule has 2 aromatic rings. The molecule has 1 aromatic heterocycles. The number of nitrogens with zero attached hydrogens (tertiary/aromatic N) is 1. The molecule has 31 heavy (non-hydrogen) atoms. The van der Waals surface area contributed by atoms with Crippen molar-refractivity contribution in [2.45, 2.75) is 37.9 Å². The lowest BCUT2D eigenvalue weighted by Crippen LogP contribution is -2.54. The number of benzene rings is 1. The first-order chi connectivity index (χ1) is 15.0. The first-order valence-corrected chi connectivity index (χ1v) is 10.9. The van der Waals surface area contributed by atoms with Crippen LogP contribution in [0, 0.1) is 0 Å². The fourth-order valence-electron chi connectivity index (χ4n) is 3.74. The molecule has 0 bridgehead atoms. The average molecular weight is 445 g/mol. The number of carbonyl (C=O) groups excluding carboxylic acids is 2. The Balaban J connectivity index is 1.40. The third-order valence-corrected chi connectivity index (χ3v) is 6.11. The van der Waals surface area contributed by atoms with Crippen LogP contribution in [-0.2, 0) is 16.1 Å². The number of nitrogens with one attached hydrogen (secondary N) is 2. The monoisotopic (exact) mass is 445 g/mol. The van der Waals surface area contributed by atoms with Gasteiger partial charge < -0.3 is 30.1 Å². The molecule has 0 saturated carbocycles. The van der Waals surface area contributed by atoms with Crippen LogP contribution >= 0.6 is 11.3 Å². The smallest absolute Gasteiger partial charge is 0.315 e. The zero-order chi connectivity index (χ0) is 21.8. The van der Waals surface area contributed by atoms with Gasteiger partial charge in [0, 0.05) is 11.4 Å². The average Bonchev–Trinajstić information content (AvgIpc) is 3.41. The summed E-state index contributed by atoms with van der Waals surface area (Å²) >= 11 is 1.59. The topological polar surface area (TPSA) is 117 Å². The Bertz CT molecular complexity index is 964. The van der Waals surface area contributed by atoms with Gasteiger partial charge >= 0.3 is 12.0 Å². The fourth-order valence-corrected chi connectivity index (χ4v) is 4.46. The van der Waals surface area contributed by atoms with Crippen molar-refractivity contribution in [3.05, 3.63) is 46.2 Å². The predicted molar refractivity (Wildman–Crippen MR) is 112 cm³/mol. The SMILES string of the molecule is O=C(O)C[C@H](NC(=O)N[C@@H]1CCCN(Cc2cccs2)C1=O)c1ccc2c(c1)OCO2. The van der Waals surface area contributed by atoms with E-state index in [0.29, 0.717) is 36.6 Å². The molecular formula is C21H23N3O6S. The number of piperidine rings is 1. The van der Waals surface area contributed by atoms with Crippen molar-refractivity contribution in [1.82, 2.24) is 15.5 Å². The van der Waals surface area contributed by atoms with Crippen LogP contribution < -0.4 is 20.1 Å². The van der Waals surface area contributed by atoms with Crippen molar-refractivity contribution in [3.63, 3.8) is 0 Å². The summed E-state index contributed by atoms with van der Waals surface area (Å²) in [5, 5.41) is 16.7. The van der Waals surface area contributed by atoms with Crippen LogP contribution in [0.25, 0.3) is 0 Å². The van der Waals surface area contributed by atoms with Crippen LogP contribution in [0.5, 0.6) is 11.5 Å². The van der Waals surface area contributed by atoms with Crippen molar-refractivity contribution >= 4 is 29.2 Å². The van der Waals surface area contributed by atoms with E-state index >= 15 is 0 Å². The number of carbonyl (C=O) groups is 3. The van der Waals surface area contributed by atoms with E-state index < -0.39 is 24.1 Å². The maximum atomic E-state index is 12.8. The molecule has 4 rings (SSSR count). The summed E-state index contributed by atoms with van der Waals surface area (Å²) in [6, 6.07) is 6.93. The van der Waals surface area contributed by atoms with Crippen LogP contribution in [0.15, 0.2) is 35.7 Å². The number of amides is 3. The Hall–Kier alpha value is -3.27. The first-order valence-electron chi connectivity index (χ1n) is 9.99. The molecular weight excluding hydrogens is 422 g/mol. The van der Waals surface area contributed by atoms with E-state index in [1.807, 2.05) is 17.5 Å². The molecule has 9 nitrogen and oxygen atoms in total. The number of likely N-dealkylation sites (tertiary alicyclic amines) is 1. The van der Waals surface area contributed by atoms with Crippen LogP contribution in [0.1, 0.15) is 35.7 Å². The van der Waals surface area contributed by atoms with Gasteiger partial charge in [0.1, 0.15) is 6.04 Å². The maximum Gasteiger partial charge on any atom is 0.315 e. The lowest BCUT2D eigenvalue weighted by atomic mass is 10.0. The molecule has 2 atom stereocenters. The number of hydrogen-bond donors (Lipinski definition) is 3. The number of fused-ring (bicyclic) bond motifs is 1. The number of carboxylic acids is 1. The molecule has 2 aliphatic rings. The molecule has 164 valence electrons. The molecule has 3 heterocycles. The lowest BCUT2D eigenvalue weighted by molar-refractivity contribution is -0.138. The third kappa shape index (κ3) is 5.08. The van der Waals surface area contributed by atoms with Crippen LogP contribution in [0.4, 0.5) is 4.79 Å². The minimum Gasteiger partial charge on any atom is -0.481 e. The highest BCUT2D eigenvalue weighted by Crippen LogP contribution is 2.34. The van der Waals surface area contributed by atoms with Crippen molar-refractivity contribution in [2.75, 3.05) is 13.3 Å². The zero-order valence-electron chi connectivity index (χ0n) is 16.7. The van der Waals surface area contributed by atoms with Gasteiger partial charge in [0.25, 0.3) is 0 Å². The third-order valence-electron chi connectivity index (χ3n) is 5.25. The highest BCUT2D eigenvalue weighted by atomic mass is 32.1. The van der Waals surface area contributed by atoms with Gasteiger partial charge in [0.15, 0.2) is 11.5 Å². The lowest BCUT2D eigenvalue weighted by Gasteiger charge is -2.32. The molecule has 2 aliphatic heterocycles. The van der Waals surface area contributed by atoms with E-state index in [1.54, 1.807) is 34.4 Å². The summed E-state index contributed by atoms with van der Waals surface area (Å²) in [7, 11) is 0. The highest BCUT2D eigenvalue weighted by molar-refractivity contribution is 7.09. The first kappa shape index (κ1) is 21.0. The highest BCUT2D eigenvalue weighted by Gasteiger charge is 2.31. The Labute approximate surface area is 182 Å². The molecule has 1 aromatic carbocycles. The number of aliphatic carboxylic acids is 1. The second-order valence-electron chi connectivity index (χ2n) is 7.41. The number of rotatable bonds is 7. The zero-order valence-corrected chi connectivity index (χ0v) is 17.5. The van der Waals surface area contributed by atoms with E-state index in [9.17, 15) is 19.5 Å². The number of carboxylic acid groups (broad SMARTS) is 1. The van der Waals surface area contributed by atoms with Crippen molar-refractivity contribution in [2.24, 2.45) is 0 Å². The Kier molecular flexibility index (Phi) is 6.26. The second-order valence-corrected chi connectivity index (χ2v) is 8.45. The molecule has 1 saturated heterocycles. The number of thiophene rings is 1. The molecule has 3 N–H and O–H groups in total. The molecule has 0 aliphatic carbocycles. The van der Waals surface area contributed by atoms with Crippen molar-refractivity contribution in [1.29, 1.82) is 0 Å². The fraction of sp³-hybridized carbons (Fsp3) is 0.381. The summed E-state index contributed by atoms with van der Waals surface area (Å²) in [5.41, 5.74) is 0.580. The summed E-state index contributed by atoms with van der Waals surface area (Å²) in [4.78, 5) is 39.6. The molecule has 3 amide bonds. The van der Waals surface area contributed by atoms with E-state index in [1.165, 1.54) is 0 Å². The van der Waals surface area contributed by atoms with Gasteiger partial charge in [0.05, 0.1) is 19.0 Å². The minimum atomic E-state index is -1.06. The van der Waals surface area contributed by atoms with Crippen LogP contribution in [-0.4, -0.2) is 47.3 Å². The van der Waals surface area contributed by atoms with Gasteiger partial charge in [-0.15, -0.1) is 11.3 Å². The van der Waals surface area contributed by atoms with E-state index in [2.05, 4.69) is 10.6 Å². The number of urea groups is 1. The van der Waals surface area contributed by atoms with E-state index in [0.717, 1.165) is 11.3 Å².